The number of hydrogen-bond acceptors (Lipinski definition) is 8. The van der Waals surface area contributed by atoms with Crippen LogP contribution in [0.1, 0.15) is 0 Å². The highest BCUT2D eigenvalue weighted by Crippen LogP contribution is 2.24. The highest BCUT2D eigenvalue weighted by atomic mass is 32.2. The van der Waals surface area contributed by atoms with Crippen molar-refractivity contribution in [3.05, 3.63) is 24.0 Å². The monoisotopic (exact) mass is 338 g/mol. The number of benzene rings is 1. The Bertz CT molecular complexity index is 1020. The van der Waals surface area contributed by atoms with Crippen LogP contribution in [0.5, 0.6) is 5.75 Å². The summed E-state index contributed by atoms with van der Waals surface area (Å²) in [4.78, 5) is 11.6. The van der Waals surface area contributed by atoms with E-state index in [4.69, 9.17) is 10.5 Å². The Hall–Kier alpha value is -2.82. The molecule has 23 heavy (non-hydrogen) atoms. The van der Waals surface area contributed by atoms with Crippen LogP contribution < -0.4 is 10.5 Å². The van der Waals surface area contributed by atoms with Gasteiger partial charge in [0.15, 0.2) is 17.4 Å². The zero-order chi connectivity index (χ0) is 16.8. The van der Waals surface area contributed by atoms with Crippen molar-refractivity contribution in [1.82, 2.24) is 24.6 Å². The second-order valence-corrected chi connectivity index (χ2v) is 6.54. The minimum Gasteiger partial charge on any atom is -0.494 e. The first kappa shape index (κ1) is 15.1. The molecule has 0 unspecified atom stereocenters. The normalized spacial score (nSPS) is 11.8. The van der Waals surface area contributed by atoms with Gasteiger partial charge in [-0.3, -0.25) is 0 Å². The minimum absolute atomic E-state index is 0.0252. The van der Waals surface area contributed by atoms with Crippen LogP contribution in [0.15, 0.2) is 23.4 Å². The van der Waals surface area contributed by atoms with Crippen LogP contribution in [-0.4, -0.2) is 46.3 Å². The van der Waals surface area contributed by atoms with Crippen LogP contribution in [0.25, 0.3) is 17.2 Å². The standard InChI is InChI=1S/C12H11FN6O3S/c1-22-8-5-6(3-4-7(8)13)9-15-11-17-12(23(2,20)21)16-10(14)19(11)18-9/h3-5H,1-2H3,(H2,14,15,16,17,18). The van der Waals surface area contributed by atoms with E-state index in [2.05, 4.69) is 20.1 Å². The van der Waals surface area contributed by atoms with Gasteiger partial charge in [-0.15, -0.1) is 5.10 Å². The summed E-state index contributed by atoms with van der Waals surface area (Å²) in [5.74, 6) is -0.537. The third-order valence-electron chi connectivity index (χ3n) is 2.95. The zero-order valence-corrected chi connectivity index (χ0v) is 12.9. The number of nitrogens with two attached hydrogens (primary N) is 1. The van der Waals surface area contributed by atoms with Gasteiger partial charge >= 0.3 is 0 Å². The van der Waals surface area contributed by atoms with Crippen molar-refractivity contribution in [2.75, 3.05) is 19.1 Å². The van der Waals surface area contributed by atoms with E-state index in [9.17, 15) is 12.8 Å². The number of nitrogens with zero attached hydrogens (tertiary/aromatic N) is 5. The van der Waals surface area contributed by atoms with E-state index in [1.54, 1.807) is 0 Å². The van der Waals surface area contributed by atoms with Gasteiger partial charge in [0.1, 0.15) is 0 Å². The molecule has 1 aromatic carbocycles. The summed E-state index contributed by atoms with van der Waals surface area (Å²) in [5, 5.41) is 3.65. The van der Waals surface area contributed by atoms with Crippen molar-refractivity contribution in [3.63, 3.8) is 0 Å². The van der Waals surface area contributed by atoms with Gasteiger partial charge in [-0.05, 0) is 18.2 Å². The third-order valence-corrected chi connectivity index (χ3v) is 3.80. The fourth-order valence-corrected chi connectivity index (χ4v) is 2.38. The third kappa shape index (κ3) is 2.65. The molecule has 0 atom stereocenters. The van der Waals surface area contributed by atoms with Gasteiger partial charge in [-0.25, -0.2) is 12.8 Å². The number of hydrogen-bond donors (Lipinski definition) is 1. The fraction of sp³-hybridized carbons (Fsp3) is 0.167. The van der Waals surface area contributed by atoms with E-state index in [-0.39, 0.29) is 23.3 Å². The molecule has 0 radical (unpaired) electrons. The summed E-state index contributed by atoms with van der Waals surface area (Å²) in [5.41, 5.74) is 6.14. The Morgan fingerprint density at radius 1 is 1.26 bits per heavy atom. The fourth-order valence-electron chi connectivity index (χ4n) is 1.87. The number of ether oxygens (including phenoxy) is 1. The number of methoxy groups -OCH3 is 1. The van der Waals surface area contributed by atoms with Crippen molar-refractivity contribution in [2.24, 2.45) is 0 Å². The largest absolute Gasteiger partial charge is 0.494 e. The zero-order valence-electron chi connectivity index (χ0n) is 12.1. The van der Waals surface area contributed by atoms with E-state index in [0.29, 0.717) is 5.56 Å². The van der Waals surface area contributed by atoms with Gasteiger partial charge in [0.2, 0.25) is 15.8 Å². The molecule has 3 aromatic rings. The Morgan fingerprint density at radius 3 is 2.65 bits per heavy atom. The molecule has 0 bridgehead atoms. The highest BCUT2D eigenvalue weighted by molar-refractivity contribution is 7.90. The lowest BCUT2D eigenvalue weighted by molar-refractivity contribution is 0.387. The van der Waals surface area contributed by atoms with Crippen LogP contribution in [0.2, 0.25) is 0 Å². The number of sulfone groups is 1. The molecule has 0 saturated heterocycles. The molecule has 2 heterocycles. The molecule has 9 nitrogen and oxygen atoms in total. The Balaban J connectivity index is 2.19. The molecule has 0 aliphatic heterocycles. The number of anilines is 1. The van der Waals surface area contributed by atoms with Crippen LogP contribution in [-0.2, 0) is 9.84 Å². The molecule has 0 aliphatic carbocycles. The molecule has 3 rings (SSSR count). The summed E-state index contributed by atoms with van der Waals surface area (Å²) in [6, 6.07) is 4.07. The number of aromatic nitrogens is 5. The summed E-state index contributed by atoms with van der Waals surface area (Å²) in [6.45, 7) is 0. The van der Waals surface area contributed by atoms with E-state index in [1.165, 1.54) is 25.3 Å². The minimum atomic E-state index is -3.64. The average Bonchev–Trinajstić information content (AvgIpc) is 2.91. The maximum atomic E-state index is 13.5. The highest BCUT2D eigenvalue weighted by Gasteiger charge is 2.18. The van der Waals surface area contributed by atoms with Crippen molar-refractivity contribution in [2.45, 2.75) is 5.16 Å². The van der Waals surface area contributed by atoms with Gasteiger partial charge in [0, 0.05) is 11.8 Å². The molecular weight excluding hydrogens is 327 g/mol. The SMILES string of the molecule is COc1cc(-c2nc3nc(S(C)(=O)=O)nc(N)n3n2)ccc1F. The summed E-state index contributed by atoms with van der Waals surface area (Å²) in [6.07, 6.45) is 0.959. The Labute approximate surface area is 129 Å². The molecular formula is C12H11FN6O3S. The summed E-state index contributed by atoms with van der Waals surface area (Å²) in [7, 11) is -2.31. The molecule has 0 spiro atoms. The molecule has 120 valence electrons. The lowest BCUT2D eigenvalue weighted by Crippen LogP contribution is -2.11. The lowest BCUT2D eigenvalue weighted by Gasteiger charge is -2.02. The number of rotatable bonds is 3. The quantitative estimate of drug-likeness (QED) is 0.723. The van der Waals surface area contributed by atoms with Gasteiger partial charge in [0.05, 0.1) is 7.11 Å². The smallest absolute Gasteiger partial charge is 0.258 e. The van der Waals surface area contributed by atoms with Crippen molar-refractivity contribution >= 4 is 21.6 Å². The second-order valence-electron chi connectivity index (χ2n) is 4.63. The van der Waals surface area contributed by atoms with Gasteiger partial charge < -0.3 is 10.5 Å². The van der Waals surface area contributed by atoms with Crippen LogP contribution in [0.4, 0.5) is 10.3 Å². The maximum absolute atomic E-state index is 13.5. The van der Waals surface area contributed by atoms with Crippen molar-refractivity contribution < 1.29 is 17.5 Å². The van der Waals surface area contributed by atoms with Gasteiger partial charge in [0.25, 0.3) is 10.9 Å². The van der Waals surface area contributed by atoms with E-state index in [0.717, 1.165) is 10.8 Å². The van der Waals surface area contributed by atoms with E-state index >= 15 is 0 Å². The van der Waals surface area contributed by atoms with E-state index < -0.39 is 20.8 Å². The van der Waals surface area contributed by atoms with Gasteiger partial charge in [-0.2, -0.15) is 19.5 Å². The maximum Gasteiger partial charge on any atom is 0.258 e. The lowest BCUT2D eigenvalue weighted by atomic mass is 10.2. The molecule has 2 N–H and O–H groups in total. The van der Waals surface area contributed by atoms with Crippen LogP contribution in [0, 0.1) is 5.82 Å². The molecule has 2 aromatic heterocycles. The Morgan fingerprint density at radius 2 is 2.00 bits per heavy atom. The number of nitrogen functional groups attached to an aromatic ring is 1. The molecule has 11 heteroatoms. The van der Waals surface area contributed by atoms with E-state index in [1.807, 2.05) is 0 Å². The predicted octanol–water partition coefficient (Wildman–Crippen LogP) is 0.320. The first-order valence-electron chi connectivity index (χ1n) is 6.24. The first-order chi connectivity index (χ1) is 10.8. The van der Waals surface area contributed by atoms with Crippen molar-refractivity contribution in [3.8, 4) is 17.1 Å². The number of fused-ring (bicyclic) bond motifs is 1. The average molecular weight is 338 g/mol. The van der Waals surface area contributed by atoms with Crippen molar-refractivity contribution in [1.29, 1.82) is 0 Å². The number of halogens is 1. The van der Waals surface area contributed by atoms with Crippen LogP contribution >= 0.6 is 0 Å². The predicted molar refractivity (Wildman–Crippen MR) is 78.0 cm³/mol. The topological polar surface area (TPSA) is 125 Å². The summed E-state index contributed by atoms with van der Waals surface area (Å²) >= 11 is 0. The second kappa shape index (κ2) is 5.12. The molecule has 0 saturated carbocycles. The van der Waals surface area contributed by atoms with Crippen LogP contribution in [0.3, 0.4) is 0 Å². The molecule has 0 aliphatic rings. The molecule has 0 fully saturated rings. The molecule has 0 amide bonds. The summed E-state index contributed by atoms with van der Waals surface area (Å²) < 4.78 is 42.5. The van der Waals surface area contributed by atoms with Gasteiger partial charge in [-0.1, -0.05) is 0 Å². The Kier molecular flexibility index (Phi) is 3.36. The first-order valence-corrected chi connectivity index (χ1v) is 8.13.